The minimum atomic E-state index is -3.36. The van der Waals surface area contributed by atoms with Gasteiger partial charge >= 0.3 is 0 Å². The smallest absolute Gasteiger partial charge is 0.287 e. The van der Waals surface area contributed by atoms with E-state index in [2.05, 4.69) is 9.97 Å². The van der Waals surface area contributed by atoms with E-state index < -0.39 is 18.6 Å². The van der Waals surface area contributed by atoms with Gasteiger partial charge in [-0.05, 0) is 12.1 Å². The van der Waals surface area contributed by atoms with Gasteiger partial charge in [0.2, 0.25) is 6.30 Å². The summed E-state index contributed by atoms with van der Waals surface area (Å²) >= 11 is 0. The predicted octanol–water partition coefficient (Wildman–Crippen LogP) is 3.73. The number of fused-ring (bicyclic) bond motifs is 1. The number of carbonyl (C=O) groups excluding carboxylic acids is 1. The molecule has 2 heterocycles. The Hall–Kier alpha value is -4.02. The molecular formula is C22H20F3N5O3. The monoisotopic (exact) mass is 459 g/mol. The molecule has 33 heavy (non-hydrogen) atoms. The summed E-state index contributed by atoms with van der Waals surface area (Å²) in [5.74, 6) is -1.04. The molecule has 0 aliphatic rings. The third-order valence-electron chi connectivity index (χ3n) is 5.03. The highest BCUT2D eigenvalue weighted by atomic mass is 19.3. The molecule has 172 valence electrons. The zero-order valence-electron chi connectivity index (χ0n) is 17.9. The van der Waals surface area contributed by atoms with Crippen molar-refractivity contribution in [1.82, 2.24) is 24.4 Å². The lowest BCUT2D eigenvalue weighted by Crippen LogP contribution is -2.36. The highest BCUT2D eigenvalue weighted by Crippen LogP contribution is 2.34. The largest absolute Gasteiger partial charge is 0.496 e. The fraction of sp³-hybridized carbons (Fsp3) is 0.227. The van der Waals surface area contributed by atoms with Gasteiger partial charge in [0.25, 0.3) is 12.3 Å². The van der Waals surface area contributed by atoms with Crippen molar-refractivity contribution in [3.8, 4) is 28.4 Å². The molecule has 0 aliphatic heterocycles. The third kappa shape index (κ3) is 4.21. The van der Waals surface area contributed by atoms with Crippen LogP contribution in [0, 0.1) is 0 Å². The van der Waals surface area contributed by atoms with Gasteiger partial charge < -0.3 is 19.4 Å². The average Bonchev–Trinajstić information content (AvgIpc) is 3.43. The number of amides is 1. The van der Waals surface area contributed by atoms with Gasteiger partial charge in [-0.3, -0.25) is 9.36 Å². The number of rotatable bonds is 7. The molecule has 0 bridgehead atoms. The standard InChI is InChI=1S/C22H20F3N5O3/c1-29-9-15(26-10-29)12-4-5-16-14(6-12)27-11-30(16)13-7-17(32-2)19(18(8-13)33-3)22(31)28-21(25)20(23)24/h4-11,20-21H,1-3H3,(H,28,31). The van der Waals surface area contributed by atoms with Crippen LogP contribution in [-0.4, -0.2) is 51.9 Å². The average molecular weight is 459 g/mol. The number of hydrogen-bond acceptors (Lipinski definition) is 5. The van der Waals surface area contributed by atoms with E-state index >= 15 is 0 Å². The van der Waals surface area contributed by atoms with Crippen LogP contribution < -0.4 is 14.8 Å². The minimum absolute atomic E-state index is 0.0234. The molecular weight excluding hydrogens is 439 g/mol. The van der Waals surface area contributed by atoms with E-state index in [1.54, 1.807) is 22.5 Å². The lowest BCUT2D eigenvalue weighted by Gasteiger charge is -2.17. The molecule has 0 spiro atoms. The molecule has 8 nitrogen and oxygen atoms in total. The first-order valence-corrected chi connectivity index (χ1v) is 9.77. The number of alkyl halides is 3. The van der Waals surface area contributed by atoms with Crippen molar-refractivity contribution in [3.05, 3.63) is 54.7 Å². The van der Waals surface area contributed by atoms with Crippen LogP contribution in [0.25, 0.3) is 28.0 Å². The quantitative estimate of drug-likeness (QED) is 0.426. The molecule has 1 N–H and O–H groups in total. The Morgan fingerprint density at radius 2 is 1.73 bits per heavy atom. The number of aromatic nitrogens is 4. The maximum absolute atomic E-state index is 13.4. The highest BCUT2D eigenvalue weighted by molar-refractivity contribution is 6.00. The Labute approximate surface area is 186 Å². The number of hydrogen-bond donors (Lipinski definition) is 1. The summed E-state index contributed by atoms with van der Waals surface area (Å²) in [4.78, 5) is 21.2. The molecule has 0 radical (unpaired) electrons. The number of aryl methyl sites for hydroxylation is 1. The molecule has 0 fully saturated rings. The van der Waals surface area contributed by atoms with Crippen LogP contribution in [-0.2, 0) is 7.05 Å². The van der Waals surface area contributed by atoms with Crippen LogP contribution >= 0.6 is 0 Å². The van der Waals surface area contributed by atoms with E-state index in [1.807, 2.05) is 36.0 Å². The van der Waals surface area contributed by atoms with Crippen molar-refractivity contribution in [2.45, 2.75) is 12.7 Å². The lowest BCUT2D eigenvalue weighted by molar-refractivity contribution is 0.0285. The van der Waals surface area contributed by atoms with Crippen molar-refractivity contribution in [3.63, 3.8) is 0 Å². The topological polar surface area (TPSA) is 83.2 Å². The second-order valence-electron chi connectivity index (χ2n) is 7.18. The van der Waals surface area contributed by atoms with Gasteiger partial charge in [0.05, 0.1) is 43.0 Å². The molecule has 4 aromatic rings. The molecule has 1 atom stereocenters. The SMILES string of the molecule is COc1cc(-n2cnc3cc(-c4cn(C)cn4)ccc32)cc(OC)c1C(=O)NC(F)C(F)F. The van der Waals surface area contributed by atoms with Crippen molar-refractivity contribution in [2.24, 2.45) is 7.05 Å². The van der Waals surface area contributed by atoms with E-state index in [1.165, 1.54) is 26.4 Å². The summed E-state index contributed by atoms with van der Waals surface area (Å²) in [5.41, 5.74) is 3.51. The number of methoxy groups -OCH3 is 2. The molecule has 2 aromatic carbocycles. The van der Waals surface area contributed by atoms with Crippen LogP contribution in [0.1, 0.15) is 10.4 Å². The molecule has 0 aliphatic carbocycles. The van der Waals surface area contributed by atoms with E-state index in [4.69, 9.17) is 9.47 Å². The molecule has 4 rings (SSSR count). The summed E-state index contributed by atoms with van der Waals surface area (Å²) in [7, 11) is 4.50. The Balaban J connectivity index is 1.75. The van der Waals surface area contributed by atoms with Crippen molar-refractivity contribution in [2.75, 3.05) is 14.2 Å². The van der Waals surface area contributed by atoms with Gasteiger partial charge in [-0.15, -0.1) is 0 Å². The molecule has 0 saturated carbocycles. The summed E-state index contributed by atoms with van der Waals surface area (Å²) in [6, 6.07) is 8.71. The Morgan fingerprint density at radius 3 is 2.30 bits per heavy atom. The maximum Gasteiger partial charge on any atom is 0.287 e. The first-order valence-electron chi connectivity index (χ1n) is 9.77. The van der Waals surface area contributed by atoms with Crippen LogP contribution in [0.15, 0.2) is 49.2 Å². The number of carbonyl (C=O) groups is 1. The Kier molecular flexibility index (Phi) is 5.95. The number of benzene rings is 2. The lowest BCUT2D eigenvalue weighted by atomic mass is 10.1. The van der Waals surface area contributed by atoms with Crippen LogP contribution in [0.2, 0.25) is 0 Å². The first-order chi connectivity index (χ1) is 15.8. The fourth-order valence-electron chi connectivity index (χ4n) is 3.46. The summed E-state index contributed by atoms with van der Waals surface area (Å²) in [6.07, 6.45) is -0.986. The first kappa shape index (κ1) is 22.2. The van der Waals surface area contributed by atoms with E-state index in [0.29, 0.717) is 11.2 Å². The third-order valence-corrected chi connectivity index (χ3v) is 5.03. The van der Waals surface area contributed by atoms with Gasteiger partial charge in [0.1, 0.15) is 23.4 Å². The van der Waals surface area contributed by atoms with E-state index in [-0.39, 0.29) is 17.1 Å². The Bertz CT molecular complexity index is 1290. The second kappa shape index (κ2) is 8.85. The number of halogens is 3. The van der Waals surface area contributed by atoms with Crippen molar-refractivity contribution < 1.29 is 27.4 Å². The van der Waals surface area contributed by atoms with Gasteiger partial charge in [-0.1, -0.05) is 6.07 Å². The normalized spacial score (nSPS) is 12.2. The van der Waals surface area contributed by atoms with Crippen molar-refractivity contribution >= 4 is 16.9 Å². The predicted molar refractivity (Wildman–Crippen MR) is 115 cm³/mol. The molecule has 1 unspecified atom stereocenters. The van der Waals surface area contributed by atoms with Gasteiger partial charge in [0.15, 0.2) is 0 Å². The van der Waals surface area contributed by atoms with Crippen LogP contribution in [0.3, 0.4) is 0 Å². The molecule has 0 saturated heterocycles. The zero-order chi connectivity index (χ0) is 23.7. The van der Waals surface area contributed by atoms with E-state index in [9.17, 15) is 18.0 Å². The van der Waals surface area contributed by atoms with Gasteiger partial charge in [0, 0.05) is 30.9 Å². The molecule has 1 amide bonds. The van der Waals surface area contributed by atoms with Crippen LogP contribution in [0.5, 0.6) is 11.5 Å². The minimum Gasteiger partial charge on any atom is -0.496 e. The Morgan fingerprint density at radius 1 is 1.03 bits per heavy atom. The number of nitrogens with zero attached hydrogens (tertiary/aromatic N) is 4. The fourth-order valence-corrected chi connectivity index (χ4v) is 3.46. The van der Waals surface area contributed by atoms with Crippen LogP contribution in [0.4, 0.5) is 13.2 Å². The van der Waals surface area contributed by atoms with E-state index in [0.717, 1.165) is 16.8 Å². The van der Waals surface area contributed by atoms with Gasteiger partial charge in [-0.2, -0.15) is 0 Å². The number of imidazole rings is 2. The highest BCUT2D eigenvalue weighted by Gasteiger charge is 2.27. The molecule has 11 heteroatoms. The zero-order valence-corrected chi connectivity index (χ0v) is 17.9. The number of ether oxygens (including phenoxy) is 2. The summed E-state index contributed by atoms with van der Waals surface area (Å²) in [5, 5.41) is 1.61. The second-order valence-corrected chi connectivity index (χ2v) is 7.18. The molecule has 2 aromatic heterocycles. The van der Waals surface area contributed by atoms with Crippen molar-refractivity contribution in [1.29, 1.82) is 0 Å². The van der Waals surface area contributed by atoms with Gasteiger partial charge in [-0.25, -0.2) is 23.1 Å². The summed E-state index contributed by atoms with van der Waals surface area (Å²) < 4.78 is 52.6. The maximum atomic E-state index is 13.4. The summed E-state index contributed by atoms with van der Waals surface area (Å²) in [6.45, 7) is 0. The number of nitrogens with one attached hydrogen (secondary N) is 1.